The van der Waals surface area contributed by atoms with Crippen molar-refractivity contribution < 1.29 is 0 Å². The molecule has 86 valence electrons. The fraction of sp³-hybridized carbons (Fsp3) is 0.500. The fourth-order valence-electron chi connectivity index (χ4n) is 1.20. The summed E-state index contributed by atoms with van der Waals surface area (Å²) in [7, 11) is 0. The second-order valence-corrected chi connectivity index (χ2v) is 5.33. The van der Waals surface area contributed by atoms with Crippen molar-refractivity contribution >= 4 is 28.2 Å². The number of aromatic nitrogens is 5. The number of hydrogen-bond donors (Lipinski definition) is 1. The third-order valence-electron chi connectivity index (χ3n) is 1.88. The summed E-state index contributed by atoms with van der Waals surface area (Å²) in [5.41, 5.74) is 5.50. The van der Waals surface area contributed by atoms with Gasteiger partial charge in [0.1, 0.15) is 12.2 Å². The van der Waals surface area contributed by atoms with Crippen LogP contribution in [0.1, 0.15) is 19.2 Å². The van der Waals surface area contributed by atoms with E-state index in [2.05, 4.69) is 27.2 Å². The molecule has 2 heterocycles. The van der Waals surface area contributed by atoms with Crippen LogP contribution < -0.4 is 5.73 Å². The molecule has 0 saturated heterocycles. The molecule has 0 aliphatic rings. The van der Waals surface area contributed by atoms with Crippen molar-refractivity contribution in [3.05, 3.63) is 12.2 Å². The maximum Gasteiger partial charge on any atom is 0.203 e. The van der Waals surface area contributed by atoms with Crippen LogP contribution in [0.2, 0.25) is 0 Å². The molecule has 6 nitrogen and oxygen atoms in total. The summed E-state index contributed by atoms with van der Waals surface area (Å²) in [5.74, 6) is 1.70. The van der Waals surface area contributed by atoms with E-state index in [1.807, 2.05) is 4.68 Å². The van der Waals surface area contributed by atoms with Crippen LogP contribution in [0.4, 0.5) is 5.13 Å². The van der Waals surface area contributed by atoms with Crippen molar-refractivity contribution in [3.8, 4) is 0 Å². The second-order valence-electron chi connectivity index (χ2n) is 3.09. The van der Waals surface area contributed by atoms with Gasteiger partial charge in [-0.25, -0.2) is 9.67 Å². The Morgan fingerprint density at radius 3 is 3.06 bits per heavy atom. The quantitative estimate of drug-likeness (QED) is 0.814. The van der Waals surface area contributed by atoms with Gasteiger partial charge in [-0.1, -0.05) is 30.0 Å². The van der Waals surface area contributed by atoms with Gasteiger partial charge < -0.3 is 5.73 Å². The average Bonchev–Trinajstić information content (AvgIpc) is 2.85. The predicted molar refractivity (Wildman–Crippen MR) is 64.2 cm³/mol. The Hall–Kier alpha value is -1.15. The standard InChI is InChI=1S/C8H12N6S2/c1-2-3-14-6(10-5-11-14)4-15-8-13-12-7(9)16-8/h5H,2-4H2,1H3,(H2,9,12). The van der Waals surface area contributed by atoms with Crippen LogP contribution in [0.3, 0.4) is 0 Å². The number of nitrogens with two attached hydrogens (primary N) is 1. The van der Waals surface area contributed by atoms with Crippen LogP contribution in [-0.2, 0) is 12.3 Å². The van der Waals surface area contributed by atoms with E-state index in [9.17, 15) is 0 Å². The molecule has 0 aromatic carbocycles. The van der Waals surface area contributed by atoms with Crippen LogP contribution in [0.15, 0.2) is 10.7 Å². The first-order valence-corrected chi connectivity index (χ1v) is 6.68. The number of nitrogens with zero attached hydrogens (tertiary/aromatic N) is 5. The topological polar surface area (TPSA) is 82.5 Å². The average molecular weight is 256 g/mol. The molecular weight excluding hydrogens is 244 g/mol. The van der Waals surface area contributed by atoms with E-state index in [1.165, 1.54) is 11.3 Å². The summed E-state index contributed by atoms with van der Waals surface area (Å²) >= 11 is 2.97. The highest BCUT2D eigenvalue weighted by Crippen LogP contribution is 2.26. The zero-order chi connectivity index (χ0) is 11.4. The fourth-order valence-corrected chi connectivity index (χ4v) is 2.79. The van der Waals surface area contributed by atoms with E-state index in [0.717, 1.165) is 28.9 Å². The number of hydrogen-bond acceptors (Lipinski definition) is 7. The zero-order valence-corrected chi connectivity index (χ0v) is 10.5. The Balaban J connectivity index is 1.96. The summed E-state index contributed by atoms with van der Waals surface area (Å²) < 4.78 is 2.78. The number of thioether (sulfide) groups is 1. The number of rotatable bonds is 5. The molecule has 2 N–H and O–H groups in total. The molecule has 0 fully saturated rings. The molecule has 2 aromatic rings. The molecule has 0 aliphatic carbocycles. The van der Waals surface area contributed by atoms with Gasteiger partial charge in [-0.15, -0.1) is 10.2 Å². The molecule has 8 heteroatoms. The van der Waals surface area contributed by atoms with Crippen LogP contribution >= 0.6 is 23.1 Å². The molecule has 0 saturated carbocycles. The van der Waals surface area contributed by atoms with E-state index in [4.69, 9.17) is 5.73 Å². The van der Waals surface area contributed by atoms with Gasteiger partial charge in [0.05, 0.1) is 5.75 Å². The van der Waals surface area contributed by atoms with E-state index < -0.39 is 0 Å². The lowest BCUT2D eigenvalue weighted by atomic mass is 10.5. The number of nitrogen functional groups attached to an aromatic ring is 1. The first-order valence-electron chi connectivity index (χ1n) is 4.88. The number of aryl methyl sites for hydroxylation is 1. The van der Waals surface area contributed by atoms with Crippen LogP contribution in [0.25, 0.3) is 0 Å². The minimum Gasteiger partial charge on any atom is -0.374 e. The second kappa shape index (κ2) is 5.26. The van der Waals surface area contributed by atoms with E-state index in [1.54, 1.807) is 18.1 Å². The van der Waals surface area contributed by atoms with E-state index >= 15 is 0 Å². The third-order valence-corrected chi connectivity index (χ3v) is 3.76. The van der Waals surface area contributed by atoms with Crippen LogP contribution in [0, 0.1) is 0 Å². The van der Waals surface area contributed by atoms with Gasteiger partial charge >= 0.3 is 0 Å². The summed E-state index contributed by atoms with van der Waals surface area (Å²) in [6, 6.07) is 0. The van der Waals surface area contributed by atoms with Gasteiger partial charge in [-0.2, -0.15) is 5.10 Å². The van der Waals surface area contributed by atoms with Gasteiger partial charge in [-0.3, -0.25) is 0 Å². The molecule has 0 spiro atoms. The monoisotopic (exact) mass is 256 g/mol. The molecule has 0 amide bonds. The van der Waals surface area contributed by atoms with Gasteiger partial charge in [0.25, 0.3) is 0 Å². The molecule has 0 unspecified atom stereocenters. The minimum absolute atomic E-state index is 0.498. The van der Waals surface area contributed by atoms with Crippen LogP contribution in [-0.4, -0.2) is 25.0 Å². The normalized spacial score (nSPS) is 10.8. The lowest BCUT2D eigenvalue weighted by Gasteiger charge is -2.01. The number of anilines is 1. The SMILES string of the molecule is CCCn1ncnc1CSc1nnc(N)s1. The van der Waals surface area contributed by atoms with Crippen molar-refractivity contribution in [1.29, 1.82) is 0 Å². The smallest absolute Gasteiger partial charge is 0.203 e. The Bertz CT molecular complexity index is 451. The highest BCUT2D eigenvalue weighted by atomic mass is 32.2. The lowest BCUT2D eigenvalue weighted by Crippen LogP contribution is -2.03. The first-order chi connectivity index (χ1) is 7.79. The van der Waals surface area contributed by atoms with Gasteiger partial charge in [-0.05, 0) is 6.42 Å². The van der Waals surface area contributed by atoms with Gasteiger partial charge in [0.2, 0.25) is 5.13 Å². The first kappa shape index (κ1) is 11.3. The minimum atomic E-state index is 0.498. The Morgan fingerprint density at radius 2 is 2.38 bits per heavy atom. The van der Waals surface area contributed by atoms with Crippen LogP contribution in [0.5, 0.6) is 0 Å². The van der Waals surface area contributed by atoms with E-state index in [0.29, 0.717) is 5.13 Å². The van der Waals surface area contributed by atoms with E-state index in [-0.39, 0.29) is 0 Å². The maximum atomic E-state index is 5.50. The van der Waals surface area contributed by atoms with Crippen molar-refractivity contribution in [2.45, 2.75) is 30.0 Å². The Labute approximate surface area is 101 Å². The summed E-state index contributed by atoms with van der Waals surface area (Å²) in [5, 5.41) is 12.4. The third kappa shape index (κ3) is 2.70. The molecule has 0 bridgehead atoms. The zero-order valence-electron chi connectivity index (χ0n) is 8.83. The van der Waals surface area contributed by atoms with Gasteiger partial charge in [0, 0.05) is 6.54 Å². The molecule has 0 aliphatic heterocycles. The van der Waals surface area contributed by atoms with Crippen molar-refractivity contribution in [2.24, 2.45) is 0 Å². The highest BCUT2D eigenvalue weighted by molar-refractivity contribution is 8.00. The largest absolute Gasteiger partial charge is 0.374 e. The molecular formula is C8H12N6S2. The molecule has 16 heavy (non-hydrogen) atoms. The highest BCUT2D eigenvalue weighted by Gasteiger charge is 2.07. The van der Waals surface area contributed by atoms with Crippen molar-refractivity contribution in [3.63, 3.8) is 0 Å². The van der Waals surface area contributed by atoms with Gasteiger partial charge in [0.15, 0.2) is 4.34 Å². The Morgan fingerprint density at radius 1 is 1.50 bits per heavy atom. The maximum absolute atomic E-state index is 5.50. The molecule has 2 aromatic heterocycles. The molecule has 0 atom stereocenters. The summed E-state index contributed by atoms with van der Waals surface area (Å²) in [6.45, 7) is 3.01. The van der Waals surface area contributed by atoms with Crippen molar-refractivity contribution in [2.75, 3.05) is 5.73 Å². The summed E-state index contributed by atoms with van der Waals surface area (Å²) in [6.07, 6.45) is 2.63. The molecule has 0 radical (unpaired) electrons. The van der Waals surface area contributed by atoms with Crippen molar-refractivity contribution in [1.82, 2.24) is 25.0 Å². The predicted octanol–water partition coefficient (Wildman–Crippen LogP) is 1.41. The lowest BCUT2D eigenvalue weighted by molar-refractivity contribution is 0.581. The Kier molecular flexibility index (Phi) is 3.73. The summed E-state index contributed by atoms with van der Waals surface area (Å²) in [4.78, 5) is 4.21. The molecule has 2 rings (SSSR count).